The van der Waals surface area contributed by atoms with E-state index in [-0.39, 0.29) is 0 Å². The normalized spacial score (nSPS) is 17.3. The third kappa shape index (κ3) is 2.91. The Kier molecular flexibility index (Phi) is 4.17. The number of anilines is 2. The van der Waals surface area contributed by atoms with Gasteiger partial charge in [0.15, 0.2) is 5.13 Å². The van der Waals surface area contributed by atoms with Crippen molar-refractivity contribution in [3.8, 4) is 0 Å². The molecule has 6 heteroatoms. The van der Waals surface area contributed by atoms with Crippen molar-refractivity contribution in [2.75, 3.05) is 11.6 Å². The number of carboxylic acid groups (broad SMARTS) is 1. The number of nitrogens with zero attached hydrogens (tertiary/aromatic N) is 1. The van der Waals surface area contributed by atoms with Crippen LogP contribution < -0.4 is 5.32 Å². The number of aryl methyl sites for hydroxylation is 1. The summed E-state index contributed by atoms with van der Waals surface area (Å²) in [6.07, 6.45) is 4.58. The fraction of sp³-hybridized carbons (Fsp3) is 0.333. The number of carboxylic acids is 1. The molecule has 0 bridgehead atoms. The summed E-state index contributed by atoms with van der Waals surface area (Å²) < 4.78 is 0. The van der Waals surface area contributed by atoms with Crippen LogP contribution in [0.4, 0.5) is 10.8 Å². The van der Waals surface area contributed by atoms with E-state index in [0.29, 0.717) is 6.42 Å². The van der Waals surface area contributed by atoms with Gasteiger partial charge in [0.25, 0.3) is 0 Å². The van der Waals surface area contributed by atoms with Crippen LogP contribution in [-0.4, -0.2) is 22.3 Å². The smallest absolute Gasteiger partial charge is 0.312 e. The minimum absolute atomic E-state index is 0.448. The van der Waals surface area contributed by atoms with Gasteiger partial charge < -0.3 is 10.4 Å². The third-order valence-corrected chi connectivity index (χ3v) is 5.44. The molecular weight excluding hydrogens is 304 g/mol. The molecule has 1 atom stereocenters. The quantitative estimate of drug-likeness (QED) is 0.830. The van der Waals surface area contributed by atoms with Crippen LogP contribution in [0, 0.1) is 0 Å². The minimum atomic E-state index is -0.766. The molecular formula is C15H16N2O2S2. The second-order valence-electron chi connectivity index (χ2n) is 4.94. The number of aromatic nitrogens is 1. The van der Waals surface area contributed by atoms with Crippen LogP contribution in [-0.2, 0) is 11.2 Å². The van der Waals surface area contributed by atoms with Crippen molar-refractivity contribution in [2.24, 2.45) is 0 Å². The second-order valence-corrected chi connectivity index (χ2v) is 6.87. The van der Waals surface area contributed by atoms with Gasteiger partial charge >= 0.3 is 5.97 Å². The Morgan fingerprint density at radius 3 is 3.05 bits per heavy atom. The highest BCUT2D eigenvalue weighted by Gasteiger charge is 2.30. The van der Waals surface area contributed by atoms with Crippen molar-refractivity contribution >= 4 is 39.9 Å². The Morgan fingerprint density at radius 2 is 2.29 bits per heavy atom. The van der Waals surface area contributed by atoms with Crippen LogP contribution in [0.25, 0.3) is 0 Å². The maximum absolute atomic E-state index is 11.3. The number of hydrogen-bond donors (Lipinski definition) is 2. The summed E-state index contributed by atoms with van der Waals surface area (Å²) in [6.45, 7) is 0. The van der Waals surface area contributed by atoms with E-state index in [1.54, 1.807) is 23.1 Å². The fourth-order valence-electron chi connectivity index (χ4n) is 2.58. The summed E-state index contributed by atoms with van der Waals surface area (Å²) in [6, 6.07) is 8.06. The van der Waals surface area contributed by atoms with Gasteiger partial charge in [0, 0.05) is 9.77 Å². The molecule has 1 aliphatic rings. The Balaban J connectivity index is 1.89. The van der Waals surface area contributed by atoms with Gasteiger partial charge in [-0.25, -0.2) is 4.98 Å². The molecule has 4 nitrogen and oxygen atoms in total. The number of para-hydroxylation sites is 1. The molecule has 1 aromatic carbocycles. The van der Waals surface area contributed by atoms with Crippen LogP contribution in [0.3, 0.4) is 0 Å². The average Bonchev–Trinajstić information content (AvgIpc) is 2.89. The summed E-state index contributed by atoms with van der Waals surface area (Å²) in [5.74, 6) is -1.21. The van der Waals surface area contributed by atoms with Gasteiger partial charge in [0.1, 0.15) is 5.92 Å². The van der Waals surface area contributed by atoms with Crippen LogP contribution in [0.2, 0.25) is 0 Å². The van der Waals surface area contributed by atoms with Crippen molar-refractivity contribution in [1.82, 2.24) is 4.98 Å². The van der Waals surface area contributed by atoms with Crippen molar-refractivity contribution in [2.45, 2.75) is 30.1 Å². The number of benzene rings is 1. The van der Waals surface area contributed by atoms with Crippen molar-refractivity contribution < 1.29 is 9.90 Å². The molecule has 3 rings (SSSR count). The Labute approximate surface area is 131 Å². The lowest BCUT2D eigenvalue weighted by atomic mass is 9.91. The number of carbonyl (C=O) groups is 1. The first-order valence-electron chi connectivity index (χ1n) is 6.81. The Hall–Kier alpha value is -1.53. The number of nitrogens with one attached hydrogen (secondary N) is 1. The van der Waals surface area contributed by atoms with Gasteiger partial charge in [-0.1, -0.05) is 12.1 Å². The van der Waals surface area contributed by atoms with Crippen LogP contribution >= 0.6 is 23.1 Å². The molecule has 0 saturated carbocycles. The molecule has 1 heterocycles. The first-order chi connectivity index (χ1) is 10.2. The molecule has 0 spiro atoms. The number of rotatable bonds is 4. The molecule has 0 amide bonds. The second kappa shape index (κ2) is 6.07. The van der Waals surface area contributed by atoms with Crippen LogP contribution in [0.15, 0.2) is 29.2 Å². The summed E-state index contributed by atoms with van der Waals surface area (Å²) in [7, 11) is 0. The van der Waals surface area contributed by atoms with E-state index < -0.39 is 11.9 Å². The first-order valence-corrected chi connectivity index (χ1v) is 8.85. The fourth-order valence-corrected chi connectivity index (χ4v) is 4.21. The summed E-state index contributed by atoms with van der Waals surface area (Å²) in [4.78, 5) is 18.1. The van der Waals surface area contributed by atoms with Gasteiger partial charge in [0.2, 0.25) is 0 Å². The van der Waals surface area contributed by atoms with E-state index >= 15 is 0 Å². The predicted molar refractivity (Wildman–Crippen MR) is 86.9 cm³/mol. The minimum Gasteiger partial charge on any atom is -0.481 e. The molecule has 0 saturated heterocycles. The number of thioether (sulfide) groups is 1. The number of thiazole rings is 1. The van der Waals surface area contributed by atoms with Crippen LogP contribution in [0.1, 0.15) is 29.3 Å². The lowest BCUT2D eigenvalue weighted by Crippen LogP contribution is -2.17. The van der Waals surface area contributed by atoms with Crippen molar-refractivity contribution in [1.29, 1.82) is 0 Å². The third-order valence-electron chi connectivity index (χ3n) is 3.60. The number of aliphatic carboxylic acids is 1. The highest BCUT2D eigenvalue weighted by molar-refractivity contribution is 7.98. The van der Waals surface area contributed by atoms with E-state index in [1.807, 2.05) is 24.5 Å². The predicted octanol–water partition coefficient (Wildman–Crippen LogP) is 4.11. The average molecular weight is 320 g/mol. The van der Waals surface area contributed by atoms with Gasteiger partial charge in [-0.2, -0.15) is 0 Å². The standard InChI is InChI=1S/C15H16N2O2S2/c1-20-11-7-3-2-6-10(11)16-15-17-13-9(14(18)19)5-4-8-12(13)21-15/h2-3,6-7,9H,4-5,8H2,1H3,(H,16,17)(H,18,19). The summed E-state index contributed by atoms with van der Waals surface area (Å²) >= 11 is 3.25. The van der Waals surface area contributed by atoms with Crippen molar-refractivity contribution in [3.63, 3.8) is 0 Å². The lowest BCUT2D eigenvalue weighted by Gasteiger charge is -2.16. The van der Waals surface area contributed by atoms with Gasteiger partial charge in [0.05, 0.1) is 11.4 Å². The van der Waals surface area contributed by atoms with Gasteiger partial charge in [-0.05, 0) is 37.7 Å². The molecule has 1 unspecified atom stereocenters. The summed E-state index contributed by atoms with van der Waals surface area (Å²) in [5.41, 5.74) is 1.77. The molecule has 0 aliphatic heterocycles. The maximum atomic E-state index is 11.3. The van der Waals surface area contributed by atoms with E-state index in [9.17, 15) is 9.90 Å². The maximum Gasteiger partial charge on any atom is 0.312 e. The molecule has 2 N–H and O–H groups in total. The molecule has 1 aromatic heterocycles. The largest absolute Gasteiger partial charge is 0.481 e. The first kappa shape index (κ1) is 14.4. The monoisotopic (exact) mass is 320 g/mol. The molecule has 0 fully saturated rings. The van der Waals surface area contributed by atoms with Gasteiger partial charge in [-0.3, -0.25) is 4.79 Å². The SMILES string of the molecule is CSc1ccccc1Nc1nc2c(s1)CCCC2C(=O)O. The Morgan fingerprint density at radius 1 is 1.48 bits per heavy atom. The Bertz CT molecular complexity index is 669. The highest BCUT2D eigenvalue weighted by atomic mass is 32.2. The number of fused-ring (bicyclic) bond motifs is 1. The highest BCUT2D eigenvalue weighted by Crippen LogP contribution is 2.38. The van der Waals surface area contributed by atoms with Gasteiger partial charge in [-0.15, -0.1) is 23.1 Å². The summed E-state index contributed by atoms with van der Waals surface area (Å²) in [5, 5.41) is 13.4. The van der Waals surface area contributed by atoms with E-state index in [1.165, 1.54) is 0 Å². The molecule has 2 aromatic rings. The lowest BCUT2D eigenvalue weighted by molar-refractivity contribution is -0.139. The van der Waals surface area contributed by atoms with E-state index in [2.05, 4.69) is 16.4 Å². The zero-order valence-electron chi connectivity index (χ0n) is 11.6. The zero-order valence-corrected chi connectivity index (χ0v) is 13.3. The molecule has 110 valence electrons. The zero-order chi connectivity index (χ0) is 14.8. The molecule has 21 heavy (non-hydrogen) atoms. The topological polar surface area (TPSA) is 62.2 Å². The molecule has 0 radical (unpaired) electrons. The number of hydrogen-bond acceptors (Lipinski definition) is 5. The molecule has 1 aliphatic carbocycles. The van der Waals surface area contributed by atoms with E-state index in [0.717, 1.165) is 39.1 Å². The van der Waals surface area contributed by atoms with Crippen LogP contribution in [0.5, 0.6) is 0 Å². The van der Waals surface area contributed by atoms with Crippen molar-refractivity contribution in [3.05, 3.63) is 34.8 Å². The van der Waals surface area contributed by atoms with E-state index in [4.69, 9.17) is 0 Å².